The van der Waals surface area contributed by atoms with Crippen molar-refractivity contribution in [3.63, 3.8) is 0 Å². The largest absolute Gasteiger partial charge is 0.494 e. The van der Waals surface area contributed by atoms with Crippen molar-refractivity contribution in [3.8, 4) is 11.5 Å². The average molecular weight is 441 g/mol. The number of nitrogens with one attached hydrogen (secondary N) is 2. The first-order chi connectivity index (χ1) is 15.4. The van der Waals surface area contributed by atoms with Gasteiger partial charge in [0.25, 0.3) is 11.8 Å². The molecule has 0 fully saturated rings. The molecule has 0 unspecified atom stereocenters. The van der Waals surface area contributed by atoms with Gasteiger partial charge in [-0.2, -0.15) is 5.10 Å². The number of aryl methyl sites for hydroxylation is 1. The van der Waals surface area contributed by atoms with Gasteiger partial charge >= 0.3 is 0 Å². The molecular weight excluding hydrogens is 412 g/mol. The van der Waals surface area contributed by atoms with Gasteiger partial charge in [-0.05, 0) is 49.2 Å². The fourth-order valence-electron chi connectivity index (χ4n) is 2.89. The number of hydrogen-bond donors (Lipinski definition) is 2. The Morgan fingerprint density at radius 2 is 1.75 bits per heavy atom. The zero-order valence-corrected chi connectivity index (χ0v) is 18.7. The Bertz CT molecular complexity index is 1050. The van der Waals surface area contributed by atoms with Crippen LogP contribution in [0.1, 0.15) is 47.6 Å². The van der Waals surface area contributed by atoms with E-state index in [9.17, 15) is 9.59 Å². The third-order valence-corrected chi connectivity index (χ3v) is 4.47. The Hall–Kier alpha value is -3.75. The molecule has 9 nitrogen and oxygen atoms in total. The van der Waals surface area contributed by atoms with Crippen LogP contribution in [-0.4, -0.2) is 34.7 Å². The smallest absolute Gasteiger partial charge is 0.291 e. The molecule has 0 spiro atoms. The molecule has 0 aliphatic carbocycles. The summed E-state index contributed by atoms with van der Waals surface area (Å²) in [6.45, 7) is 7.21. The first-order valence-electron chi connectivity index (χ1n) is 10.4. The lowest BCUT2D eigenvalue weighted by Crippen LogP contribution is -2.30. The van der Waals surface area contributed by atoms with Crippen LogP contribution < -0.4 is 20.1 Å². The summed E-state index contributed by atoms with van der Waals surface area (Å²) in [5, 5.41) is 9.60. The molecule has 0 atom stereocenters. The van der Waals surface area contributed by atoms with Crippen molar-refractivity contribution in [1.29, 1.82) is 0 Å². The number of anilines is 1. The number of aromatic nitrogens is 2. The molecule has 2 aromatic heterocycles. The first kappa shape index (κ1) is 22.9. The minimum absolute atomic E-state index is 0.104. The van der Waals surface area contributed by atoms with E-state index in [0.717, 1.165) is 5.75 Å². The van der Waals surface area contributed by atoms with Gasteiger partial charge in [0.1, 0.15) is 29.6 Å². The molecule has 32 heavy (non-hydrogen) atoms. The second-order valence-electron chi connectivity index (χ2n) is 7.55. The van der Waals surface area contributed by atoms with Crippen LogP contribution in [0.5, 0.6) is 11.5 Å². The second-order valence-corrected chi connectivity index (χ2v) is 7.55. The summed E-state index contributed by atoms with van der Waals surface area (Å²) in [7, 11) is 1.64. The van der Waals surface area contributed by atoms with Crippen LogP contribution in [0, 0.1) is 5.92 Å². The van der Waals surface area contributed by atoms with Crippen LogP contribution in [0.4, 0.5) is 5.69 Å². The van der Waals surface area contributed by atoms with E-state index in [1.165, 1.54) is 10.9 Å². The van der Waals surface area contributed by atoms with E-state index >= 15 is 0 Å². The summed E-state index contributed by atoms with van der Waals surface area (Å²) in [6.07, 6.45) is 1.43. The molecule has 0 saturated carbocycles. The molecule has 2 amide bonds. The second kappa shape index (κ2) is 10.5. The van der Waals surface area contributed by atoms with Gasteiger partial charge in [-0.1, -0.05) is 13.8 Å². The van der Waals surface area contributed by atoms with Gasteiger partial charge in [-0.15, -0.1) is 0 Å². The summed E-state index contributed by atoms with van der Waals surface area (Å²) < 4.78 is 18.1. The number of ether oxygens (including phenoxy) is 2. The Morgan fingerprint density at radius 3 is 2.41 bits per heavy atom. The van der Waals surface area contributed by atoms with E-state index in [4.69, 9.17) is 13.9 Å². The molecule has 0 aliphatic heterocycles. The Labute approximate surface area is 186 Å². The third kappa shape index (κ3) is 5.90. The summed E-state index contributed by atoms with van der Waals surface area (Å²) in [4.78, 5) is 25.1. The van der Waals surface area contributed by atoms with Crippen molar-refractivity contribution < 1.29 is 23.5 Å². The lowest BCUT2D eigenvalue weighted by atomic mass is 10.2. The number of carbonyl (C=O) groups is 2. The van der Waals surface area contributed by atoms with Crippen molar-refractivity contribution >= 4 is 17.5 Å². The molecule has 2 heterocycles. The van der Waals surface area contributed by atoms with Crippen molar-refractivity contribution in [2.75, 3.05) is 18.5 Å². The minimum atomic E-state index is -0.483. The maximum atomic E-state index is 12.6. The van der Waals surface area contributed by atoms with Crippen molar-refractivity contribution in [2.45, 2.75) is 27.4 Å². The predicted octanol–water partition coefficient (Wildman–Crippen LogP) is 3.63. The zero-order chi connectivity index (χ0) is 23.1. The molecule has 170 valence electrons. The highest BCUT2D eigenvalue weighted by Crippen LogP contribution is 2.20. The van der Waals surface area contributed by atoms with Gasteiger partial charge in [-0.3, -0.25) is 14.3 Å². The van der Waals surface area contributed by atoms with Crippen molar-refractivity contribution in [1.82, 2.24) is 15.1 Å². The highest BCUT2D eigenvalue weighted by molar-refractivity contribution is 6.07. The number of furan rings is 1. The number of rotatable bonds is 10. The fraction of sp³-hybridized carbons (Fsp3) is 0.348. The van der Waals surface area contributed by atoms with Crippen LogP contribution in [0.25, 0.3) is 0 Å². The molecule has 0 bridgehead atoms. The minimum Gasteiger partial charge on any atom is -0.494 e. The monoisotopic (exact) mass is 440 g/mol. The molecule has 3 rings (SSSR count). The van der Waals surface area contributed by atoms with E-state index < -0.39 is 5.91 Å². The zero-order valence-electron chi connectivity index (χ0n) is 18.7. The molecule has 0 aliphatic rings. The Morgan fingerprint density at radius 1 is 1.06 bits per heavy atom. The number of carbonyl (C=O) groups excluding carboxylic acids is 2. The van der Waals surface area contributed by atoms with E-state index in [1.807, 2.05) is 32.9 Å². The van der Waals surface area contributed by atoms with Crippen LogP contribution in [0.15, 0.2) is 47.0 Å². The third-order valence-electron chi connectivity index (χ3n) is 4.47. The number of nitrogens with zero attached hydrogens (tertiary/aromatic N) is 2. The van der Waals surface area contributed by atoms with Gasteiger partial charge in [0.2, 0.25) is 0 Å². The van der Waals surface area contributed by atoms with Crippen LogP contribution >= 0.6 is 0 Å². The maximum Gasteiger partial charge on any atom is 0.291 e. The van der Waals surface area contributed by atoms with Crippen molar-refractivity contribution in [3.05, 3.63) is 59.8 Å². The summed E-state index contributed by atoms with van der Waals surface area (Å²) in [6, 6.07) is 10.5. The number of benzene rings is 1. The standard InChI is InChI=1S/C23H28N4O5/c1-5-30-16-6-8-17(9-7-16)31-14-18-10-11-20(32-18)22(28)26-19-13-25-27(4)21(19)23(29)24-12-15(2)3/h6-11,13,15H,5,12,14H2,1-4H3,(H,24,29)(H,26,28). The quantitative estimate of drug-likeness (QED) is 0.499. The van der Waals surface area contributed by atoms with Crippen molar-refractivity contribution in [2.24, 2.45) is 13.0 Å². The lowest BCUT2D eigenvalue weighted by Gasteiger charge is -2.10. The van der Waals surface area contributed by atoms with Crippen LogP contribution in [0.3, 0.4) is 0 Å². The van der Waals surface area contributed by atoms with E-state index in [2.05, 4.69) is 15.7 Å². The molecule has 0 saturated heterocycles. The maximum absolute atomic E-state index is 12.6. The summed E-state index contributed by atoms with van der Waals surface area (Å²) >= 11 is 0. The fourth-order valence-corrected chi connectivity index (χ4v) is 2.89. The molecule has 9 heteroatoms. The van der Waals surface area contributed by atoms with Gasteiger partial charge in [-0.25, -0.2) is 0 Å². The molecule has 0 radical (unpaired) electrons. The summed E-state index contributed by atoms with van der Waals surface area (Å²) in [5.41, 5.74) is 0.576. The highest BCUT2D eigenvalue weighted by atomic mass is 16.5. The van der Waals surface area contributed by atoms with E-state index in [0.29, 0.717) is 36.3 Å². The topological polar surface area (TPSA) is 108 Å². The van der Waals surface area contributed by atoms with Gasteiger partial charge in [0.15, 0.2) is 5.76 Å². The average Bonchev–Trinajstić information content (AvgIpc) is 3.38. The van der Waals surface area contributed by atoms with Gasteiger partial charge in [0.05, 0.1) is 18.5 Å². The lowest BCUT2D eigenvalue weighted by molar-refractivity contribution is 0.0940. The van der Waals surface area contributed by atoms with E-state index in [1.54, 1.807) is 31.3 Å². The molecule has 1 aromatic carbocycles. The number of amides is 2. The Balaban J connectivity index is 1.60. The SMILES string of the molecule is CCOc1ccc(OCc2ccc(C(=O)Nc3cnn(C)c3C(=O)NCC(C)C)o2)cc1. The van der Waals surface area contributed by atoms with Crippen LogP contribution in [0.2, 0.25) is 0 Å². The van der Waals surface area contributed by atoms with E-state index in [-0.39, 0.29) is 24.0 Å². The Kier molecular flexibility index (Phi) is 7.54. The normalized spacial score (nSPS) is 10.8. The summed E-state index contributed by atoms with van der Waals surface area (Å²) in [5.74, 6) is 1.53. The number of hydrogen-bond acceptors (Lipinski definition) is 6. The highest BCUT2D eigenvalue weighted by Gasteiger charge is 2.20. The van der Waals surface area contributed by atoms with Crippen LogP contribution in [-0.2, 0) is 13.7 Å². The van der Waals surface area contributed by atoms with Gasteiger partial charge in [0, 0.05) is 13.6 Å². The molecular formula is C23H28N4O5. The predicted molar refractivity (Wildman–Crippen MR) is 119 cm³/mol. The molecule has 3 aromatic rings. The van der Waals surface area contributed by atoms with Gasteiger partial charge < -0.3 is 24.5 Å². The molecule has 2 N–H and O–H groups in total. The first-order valence-corrected chi connectivity index (χ1v) is 10.4.